The van der Waals surface area contributed by atoms with Gasteiger partial charge in [-0.15, -0.1) is 33.3 Å². The summed E-state index contributed by atoms with van der Waals surface area (Å²) in [5.74, 6) is -0.801. The third kappa shape index (κ3) is 2.80. The predicted molar refractivity (Wildman–Crippen MR) is 106 cm³/mol. The lowest BCUT2D eigenvalue weighted by atomic mass is 9.87. The molecule has 0 radical (unpaired) electrons. The number of thioether (sulfide) groups is 1. The molecule has 3 atom stereocenters. The summed E-state index contributed by atoms with van der Waals surface area (Å²) in [6.45, 7) is 1.87. The number of rotatable bonds is 4. The second kappa shape index (κ2) is 6.80. The molecule has 11 heteroatoms. The zero-order chi connectivity index (χ0) is 19.2. The van der Waals surface area contributed by atoms with Crippen LogP contribution in [0.1, 0.15) is 11.9 Å². The molecule has 27 heavy (non-hydrogen) atoms. The highest BCUT2D eigenvalue weighted by Crippen LogP contribution is 2.46. The van der Waals surface area contributed by atoms with Gasteiger partial charge in [0.05, 0.1) is 4.99 Å². The molecule has 140 valence electrons. The van der Waals surface area contributed by atoms with E-state index in [1.54, 1.807) is 24.2 Å². The lowest BCUT2D eigenvalue weighted by Gasteiger charge is -2.56. The van der Waals surface area contributed by atoms with Gasteiger partial charge in [0.15, 0.2) is 0 Å². The van der Waals surface area contributed by atoms with Gasteiger partial charge in [-0.2, -0.15) is 0 Å². The molecule has 0 bridgehead atoms. The van der Waals surface area contributed by atoms with Crippen molar-refractivity contribution >= 4 is 57.9 Å². The molecule has 8 nitrogen and oxygen atoms in total. The Morgan fingerprint density at radius 3 is 2.78 bits per heavy atom. The normalized spacial score (nSPS) is 26.9. The van der Waals surface area contributed by atoms with Crippen LogP contribution in [0.2, 0.25) is 0 Å². The number of anilines is 1. The number of amides is 1. The van der Waals surface area contributed by atoms with Crippen molar-refractivity contribution < 1.29 is 14.7 Å². The van der Waals surface area contributed by atoms with E-state index in [4.69, 9.17) is 12.2 Å². The van der Waals surface area contributed by atoms with E-state index in [1.807, 2.05) is 17.0 Å². The minimum atomic E-state index is -1.23. The van der Waals surface area contributed by atoms with Crippen LogP contribution in [0.3, 0.4) is 0 Å². The van der Waals surface area contributed by atoms with Crippen molar-refractivity contribution in [3.63, 3.8) is 0 Å². The van der Waals surface area contributed by atoms with Crippen LogP contribution >= 0.6 is 35.3 Å². The summed E-state index contributed by atoms with van der Waals surface area (Å²) >= 11 is 8.04. The van der Waals surface area contributed by atoms with E-state index in [-0.39, 0.29) is 17.8 Å². The Morgan fingerprint density at radius 2 is 2.19 bits per heavy atom. The largest absolute Gasteiger partial charge is 0.480 e. The first-order valence-electron chi connectivity index (χ1n) is 8.07. The molecule has 2 aliphatic rings. The van der Waals surface area contributed by atoms with E-state index < -0.39 is 17.4 Å². The number of hydrogen-bond acceptors (Lipinski definition) is 8. The Balaban J connectivity index is 1.62. The highest BCUT2D eigenvalue weighted by atomic mass is 32.2. The number of thiocarbonyl (C=S) groups is 1. The average molecular weight is 422 g/mol. The number of carboxylic acids is 1. The predicted octanol–water partition coefficient (Wildman–Crippen LogP) is 1.39. The summed E-state index contributed by atoms with van der Waals surface area (Å²) < 4.78 is 0. The third-order valence-corrected chi connectivity index (χ3v) is 7.40. The Hall–Kier alpha value is -2.11. The molecule has 2 fully saturated rings. The first-order valence-corrected chi connectivity index (χ1v) is 10.4. The molecule has 0 aromatic carbocycles. The lowest BCUT2D eigenvalue weighted by Crippen LogP contribution is -2.75. The Morgan fingerprint density at radius 1 is 1.44 bits per heavy atom. The number of nitrogens with zero attached hydrogens (tertiary/aromatic N) is 5. The lowest BCUT2D eigenvalue weighted by molar-refractivity contribution is -0.151. The number of fused-ring (bicyclic) bond motifs is 1. The molecule has 0 spiro atoms. The van der Waals surface area contributed by atoms with Crippen molar-refractivity contribution in [2.45, 2.75) is 23.8 Å². The maximum atomic E-state index is 13.0. The van der Waals surface area contributed by atoms with E-state index in [2.05, 4.69) is 15.2 Å². The molecule has 2 unspecified atom stereocenters. The van der Waals surface area contributed by atoms with Crippen LogP contribution in [0.15, 0.2) is 30.0 Å². The number of carboxylic acid groups (broad SMARTS) is 1. The molecular weight excluding hydrogens is 406 g/mol. The van der Waals surface area contributed by atoms with Crippen LogP contribution in [-0.4, -0.2) is 65.8 Å². The first-order chi connectivity index (χ1) is 13.0. The molecule has 0 saturated carbocycles. The van der Waals surface area contributed by atoms with Crippen LogP contribution in [0.25, 0.3) is 0 Å². The summed E-state index contributed by atoms with van der Waals surface area (Å²) in [4.78, 5) is 33.0. The maximum Gasteiger partial charge on any atom is 0.319 e. The van der Waals surface area contributed by atoms with Crippen LogP contribution in [0, 0.1) is 0 Å². The molecule has 2 aromatic heterocycles. The fraction of sp³-hybridized carbons (Fsp3) is 0.375. The molecule has 4 heterocycles. The van der Waals surface area contributed by atoms with Gasteiger partial charge in [0.1, 0.15) is 27.3 Å². The Bertz CT molecular complexity index is 894. The van der Waals surface area contributed by atoms with Crippen LogP contribution in [-0.2, 0) is 15.0 Å². The third-order valence-electron chi connectivity index (χ3n) is 4.79. The standard InChI is InChI=1S/C16H15N5O3S3/c1-9(25)21(10-2-4-17-5-3-10)11-12(22)20-6-16(15(23)24,7-26-13(11)20)14-19-18-8-27-14/h2-5,8,11,13H,6-7H2,1H3,(H,23,24)/t11?,13-,16?/m1/s1. The second-order valence-electron chi connectivity index (χ2n) is 6.34. The van der Waals surface area contributed by atoms with E-state index in [1.165, 1.54) is 28.6 Å². The Kier molecular flexibility index (Phi) is 4.60. The molecule has 2 aliphatic heterocycles. The number of hydrogen-bond donors (Lipinski definition) is 1. The fourth-order valence-electron chi connectivity index (χ4n) is 3.43. The van der Waals surface area contributed by atoms with Gasteiger partial charge in [0.2, 0.25) is 5.91 Å². The zero-order valence-electron chi connectivity index (χ0n) is 14.2. The van der Waals surface area contributed by atoms with Crippen LogP contribution in [0.5, 0.6) is 0 Å². The Labute approximate surface area is 168 Å². The summed E-state index contributed by atoms with van der Waals surface area (Å²) in [6.07, 6.45) is 3.31. The minimum Gasteiger partial charge on any atom is -0.480 e. The quantitative estimate of drug-likeness (QED) is 0.580. The van der Waals surface area contributed by atoms with Crippen molar-refractivity contribution in [2.75, 3.05) is 17.2 Å². The van der Waals surface area contributed by atoms with Gasteiger partial charge in [-0.05, 0) is 19.1 Å². The van der Waals surface area contributed by atoms with Crippen molar-refractivity contribution in [2.24, 2.45) is 0 Å². The molecule has 1 N–H and O–H groups in total. The molecule has 4 rings (SSSR count). The topological polar surface area (TPSA) is 99.5 Å². The smallest absolute Gasteiger partial charge is 0.319 e. The van der Waals surface area contributed by atoms with Gasteiger partial charge in [-0.1, -0.05) is 12.2 Å². The van der Waals surface area contributed by atoms with E-state index >= 15 is 0 Å². The number of aromatic nitrogens is 3. The summed E-state index contributed by atoms with van der Waals surface area (Å²) in [6, 6.07) is 3.17. The molecule has 2 aromatic rings. The zero-order valence-corrected chi connectivity index (χ0v) is 16.6. The summed E-state index contributed by atoms with van der Waals surface area (Å²) in [5, 5.41) is 17.9. The van der Waals surface area contributed by atoms with Gasteiger partial charge < -0.3 is 14.9 Å². The fourth-order valence-corrected chi connectivity index (χ4v) is 6.07. The summed E-state index contributed by atoms with van der Waals surface area (Å²) in [5.41, 5.74) is 1.09. The SMILES string of the molecule is CC(=S)N(c1ccncc1)C1C(=O)N2CC(C(=O)O)(c3nncs3)CS[C@H]12. The highest BCUT2D eigenvalue weighted by molar-refractivity contribution is 8.00. The van der Waals surface area contributed by atoms with E-state index in [0.29, 0.717) is 15.7 Å². The number of β-lactam (4-membered cyclic amide) rings is 1. The maximum absolute atomic E-state index is 13.0. The van der Waals surface area contributed by atoms with Crippen molar-refractivity contribution in [1.29, 1.82) is 0 Å². The van der Waals surface area contributed by atoms with E-state index in [0.717, 1.165) is 5.69 Å². The average Bonchev–Trinajstić information content (AvgIpc) is 3.20. The molecule has 1 amide bonds. The monoisotopic (exact) mass is 421 g/mol. The first kappa shape index (κ1) is 18.3. The van der Waals surface area contributed by atoms with Crippen molar-refractivity contribution in [3.05, 3.63) is 35.0 Å². The van der Waals surface area contributed by atoms with Crippen molar-refractivity contribution in [1.82, 2.24) is 20.1 Å². The van der Waals surface area contributed by atoms with Gasteiger partial charge in [-0.25, -0.2) is 0 Å². The van der Waals surface area contributed by atoms with Crippen LogP contribution < -0.4 is 4.90 Å². The van der Waals surface area contributed by atoms with Gasteiger partial charge in [0.25, 0.3) is 0 Å². The van der Waals surface area contributed by atoms with Crippen molar-refractivity contribution in [3.8, 4) is 0 Å². The van der Waals surface area contributed by atoms with Gasteiger partial charge >= 0.3 is 5.97 Å². The van der Waals surface area contributed by atoms with Crippen LogP contribution in [0.4, 0.5) is 5.69 Å². The van der Waals surface area contributed by atoms with Gasteiger partial charge in [-0.3, -0.25) is 14.6 Å². The minimum absolute atomic E-state index is 0.0885. The number of pyridine rings is 1. The summed E-state index contributed by atoms with van der Waals surface area (Å²) in [7, 11) is 0. The number of aliphatic carboxylic acids is 1. The number of carbonyl (C=O) groups excluding carboxylic acids is 1. The molecular formula is C16H15N5O3S3. The number of carbonyl (C=O) groups is 2. The highest BCUT2D eigenvalue weighted by Gasteiger charge is 2.60. The second-order valence-corrected chi connectivity index (χ2v) is 8.87. The van der Waals surface area contributed by atoms with Gasteiger partial charge in [0, 0.05) is 30.4 Å². The van der Waals surface area contributed by atoms with E-state index in [9.17, 15) is 14.7 Å². The molecule has 0 aliphatic carbocycles. The molecule has 2 saturated heterocycles.